The topological polar surface area (TPSA) is 85.2 Å². The number of carbonyl (C=O) groups excluding carboxylic acids is 1. The second kappa shape index (κ2) is 7.08. The van der Waals surface area contributed by atoms with E-state index in [1.165, 1.54) is 6.07 Å². The molecule has 0 aliphatic heterocycles. The smallest absolute Gasteiger partial charge is 0.238 e. The van der Waals surface area contributed by atoms with Crippen LogP contribution in [0.15, 0.2) is 54.6 Å². The number of phenolic OH excluding ortho intramolecular Hbond substituents is 1. The first-order chi connectivity index (χ1) is 10.2. The first-order valence-corrected chi connectivity index (χ1v) is 6.46. The van der Waals surface area contributed by atoms with E-state index in [2.05, 4.69) is 10.9 Å². The van der Waals surface area contributed by atoms with Crippen molar-refractivity contribution in [3.8, 4) is 11.8 Å². The molecule has 5 heteroatoms. The Balaban J connectivity index is 1.94. The van der Waals surface area contributed by atoms with Crippen molar-refractivity contribution in [2.24, 2.45) is 0 Å². The molecular formula is C16H15N3O2. The van der Waals surface area contributed by atoms with Gasteiger partial charge in [-0.2, -0.15) is 5.26 Å². The van der Waals surface area contributed by atoms with Crippen LogP contribution in [-0.2, 0) is 11.2 Å². The maximum absolute atomic E-state index is 11.8. The van der Waals surface area contributed by atoms with E-state index < -0.39 is 6.04 Å². The van der Waals surface area contributed by atoms with E-state index in [0.29, 0.717) is 5.56 Å². The van der Waals surface area contributed by atoms with Crippen LogP contribution >= 0.6 is 0 Å². The van der Waals surface area contributed by atoms with E-state index in [0.717, 1.165) is 5.56 Å². The molecule has 5 nitrogen and oxygen atoms in total. The summed E-state index contributed by atoms with van der Waals surface area (Å²) in [6.07, 6.45) is 0.215. The lowest BCUT2D eigenvalue weighted by molar-refractivity contribution is -0.121. The van der Waals surface area contributed by atoms with Crippen LogP contribution in [0.1, 0.15) is 17.2 Å². The second-order valence-electron chi connectivity index (χ2n) is 4.48. The number of nitriles is 1. The van der Waals surface area contributed by atoms with Gasteiger partial charge in [0.25, 0.3) is 0 Å². The lowest BCUT2D eigenvalue weighted by Gasteiger charge is -2.14. The number of nitrogens with zero attached hydrogens (tertiary/aromatic N) is 1. The number of amides is 1. The number of hydrazine groups is 1. The number of phenols is 1. The maximum atomic E-state index is 11.8. The Bertz CT molecular complexity index is 650. The average Bonchev–Trinajstić information content (AvgIpc) is 2.50. The summed E-state index contributed by atoms with van der Waals surface area (Å²) in [6, 6.07) is 17.0. The molecule has 1 atom stereocenters. The van der Waals surface area contributed by atoms with Crippen molar-refractivity contribution in [2.45, 2.75) is 12.5 Å². The van der Waals surface area contributed by atoms with Crippen molar-refractivity contribution in [1.82, 2.24) is 10.9 Å². The number of hydrogen-bond acceptors (Lipinski definition) is 4. The summed E-state index contributed by atoms with van der Waals surface area (Å²) in [4.78, 5) is 11.8. The highest BCUT2D eigenvalue weighted by Crippen LogP contribution is 2.22. The summed E-state index contributed by atoms with van der Waals surface area (Å²) in [5.41, 5.74) is 6.41. The van der Waals surface area contributed by atoms with Crippen LogP contribution in [0.3, 0.4) is 0 Å². The van der Waals surface area contributed by atoms with E-state index >= 15 is 0 Å². The Morgan fingerprint density at radius 3 is 2.48 bits per heavy atom. The zero-order valence-corrected chi connectivity index (χ0v) is 11.3. The van der Waals surface area contributed by atoms with Crippen molar-refractivity contribution >= 4 is 5.91 Å². The van der Waals surface area contributed by atoms with Crippen molar-refractivity contribution < 1.29 is 9.90 Å². The van der Waals surface area contributed by atoms with Crippen LogP contribution in [0.4, 0.5) is 0 Å². The molecule has 0 saturated carbocycles. The molecule has 0 aliphatic carbocycles. The van der Waals surface area contributed by atoms with Crippen molar-refractivity contribution in [1.29, 1.82) is 5.26 Å². The third-order valence-electron chi connectivity index (χ3n) is 2.94. The van der Waals surface area contributed by atoms with Gasteiger partial charge in [-0.05, 0) is 11.6 Å². The average molecular weight is 281 g/mol. The largest absolute Gasteiger partial charge is 0.508 e. The molecule has 0 saturated heterocycles. The van der Waals surface area contributed by atoms with Gasteiger partial charge in [0, 0.05) is 5.56 Å². The fourth-order valence-electron chi connectivity index (χ4n) is 1.89. The molecule has 0 heterocycles. The number of nitrogens with one attached hydrogen (secondary N) is 2. The zero-order valence-electron chi connectivity index (χ0n) is 11.3. The fourth-order valence-corrected chi connectivity index (χ4v) is 1.89. The van der Waals surface area contributed by atoms with Crippen molar-refractivity contribution in [2.75, 3.05) is 0 Å². The summed E-state index contributed by atoms with van der Waals surface area (Å²) in [5.74, 6) is -0.245. The predicted octanol–water partition coefficient (Wildman–Crippen LogP) is 1.82. The minimum Gasteiger partial charge on any atom is -0.508 e. The Hall–Kier alpha value is -2.84. The van der Waals surface area contributed by atoms with Crippen LogP contribution in [-0.4, -0.2) is 11.0 Å². The van der Waals surface area contributed by atoms with Gasteiger partial charge < -0.3 is 5.11 Å². The molecule has 1 amide bonds. The van der Waals surface area contributed by atoms with E-state index in [1.807, 2.05) is 36.4 Å². The number of para-hydroxylation sites is 1. The molecule has 0 fully saturated rings. The van der Waals surface area contributed by atoms with Gasteiger partial charge in [-0.15, -0.1) is 0 Å². The number of carbonyl (C=O) groups is 1. The second-order valence-corrected chi connectivity index (χ2v) is 4.48. The minimum atomic E-state index is -0.814. The van der Waals surface area contributed by atoms with Gasteiger partial charge >= 0.3 is 0 Å². The molecule has 0 bridgehead atoms. The Labute approximate surface area is 122 Å². The van der Waals surface area contributed by atoms with Crippen LogP contribution in [0.25, 0.3) is 0 Å². The molecule has 0 radical (unpaired) electrons. The van der Waals surface area contributed by atoms with Crippen molar-refractivity contribution in [3.05, 3.63) is 65.7 Å². The highest BCUT2D eigenvalue weighted by molar-refractivity contribution is 5.78. The summed E-state index contributed by atoms with van der Waals surface area (Å²) >= 11 is 0. The molecule has 2 aromatic rings. The first-order valence-electron chi connectivity index (χ1n) is 6.46. The molecular weight excluding hydrogens is 266 g/mol. The minimum absolute atomic E-state index is 0.00820. The summed E-state index contributed by atoms with van der Waals surface area (Å²) in [7, 11) is 0. The molecule has 106 valence electrons. The molecule has 0 spiro atoms. The molecule has 2 aromatic carbocycles. The third kappa shape index (κ3) is 4.06. The highest BCUT2D eigenvalue weighted by atomic mass is 16.3. The van der Waals surface area contributed by atoms with Crippen LogP contribution in [0.2, 0.25) is 0 Å². The number of hydrogen-bond donors (Lipinski definition) is 3. The maximum Gasteiger partial charge on any atom is 0.238 e. The normalized spacial score (nSPS) is 11.4. The van der Waals surface area contributed by atoms with Gasteiger partial charge in [0.05, 0.1) is 12.5 Å². The van der Waals surface area contributed by atoms with Gasteiger partial charge in [0.1, 0.15) is 11.8 Å². The lowest BCUT2D eigenvalue weighted by atomic mass is 10.1. The molecule has 0 unspecified atom stereocenters. The highest BCUT2D eigenvalue weighted by Gasteiger charge is 2.14. The van der Waals surface area contributed by atoms with Gasteiger partial charge in [0.2, 0.25) is 5.91 Å². The first kappa shape index (κ1) is 14.6. The third-order valence-corrected chi connectivity index (χ3v) is 2.94. The summed E-state index contributed by atoms with van der Waals surface area (Å²) < 4.78 is 0. The van der Waals surface area contributed by atoms with Gasteiger partial charge in [-0.3, -0.25) is 10.2 Å². The van der Waals surface area contributed by atoms with E-state index in [4.69, 9.17) is 5.26 Å². The quantitative estimate of drug-likeness (QED) is 0.730. The standard InChI is InChI=1S/C16H15N3O2/c17-11-14(13-8-4-5-9-15(13)20)18-19-16(21)10-12-6-2-1-3-7-12/h1-9,14,18,20H,10H2,(H,19,21)/t14-/m1/s1. The Morgan fingerprint density at radius 1 is 1.14 bits per heavy atom. The van der Waals surface area contributed by atoms with Gasteiger partial charge in [-0.25, -0.2) is 5.43 Å². The fraction of sp³-hybridized carbons (Fsp3) is 0.125. The Morgan fingerprint density at radius 2 is 1.81 bits per heavy atom. The lowest BCUT2D eigenvalue weighted by Crippen LogP contribution is -2.40. The Kier molecular flexibility index (Phi) is 4.91. The monoisotopic (exact) mass is 281 g/mol. The van der Waals surface area contributed by atoms with Gasteiger partial charge in [0.15, 0.2) is 0 Å². The predicted molar refractivity (Wildman–Crippen MR) is 77.9 cm³/mol. The molecule has 0 aliphatic rings. The van der Waals surface area contributed by atoms with Crippen molar-refractivity contribution in [3.63, 3.8) is 0 Å². The number of rotatable bonds is 5. The SMILES string of the molecule is N#C[C@@H](NNC(=O)Cc1ccccc1)c1ccccc1O. The van der Waals surface area contributed by atoms with Crippen LogP contribution in [0, 0.1) is 11.3 Å². The molecule has 21 heavy (non-hydrogen) atoms. The molecule has 0 aromatic heterocycles. The van der Waals surface area contributed by atoms with E-state index in [-0.39, 0.29) is 18.1 Å². The zero-order chi connectivity index (χ0) is 15.1. The van der Waals surface area contributed by atoms with Crippen LogP contribution in [0.5, 0.6) is 5.75 Å². The van der Waals surface area contributed by atoms with E-state index in [1.54, 1.807) is 18.2 Å². The molecule has 2 rings (SSSR count). The van der Waals surface area contributed by atoms with Crippen LogP contribution < -0.4 is 10.9 Å². The number of benzene rings is 2. The molecule has 3 N–H and O–H groups in total. The van der Waals surface area contributed by atoms with Gasteiger partial charge in [-0.1, -0.05) is 48.5 Å². The number of aromatic hydroxyl groups is 1. The summed E-state index contributed by atoms with van der Waals surface area (Å²) in [5, 5.41) is 18.8. The summed E-state index contributed by atoms with van der Waals surface area (Å²) in [6.45, 7) is 0. The van der Waals surface area contributed by atoms with E-state index in [9.17, 15) is 9.90 Å².